The largest absolute Gasteiger partial charge is 0.461 e. The number of likely N-dealkylation sites (tertiary alicyclic amines) is 1. The molecule has 3 heterocycles. The van der Waals surface area contributed by atoms with E-state index in [0.29, 0.717) is 36.5 Å². The number of rotatable bonds is 13. The Morgan fingerprint density at radius 3 is 2.55 bits per heavy atom. The van der Waals surface area contributed by atoms with Crippen LogP contribution in [0.3, 0.4) is 0 Å². The van der Waals surface area contributed by atoms with Crippen molar-refractivity contribution in [1.82, 2.24) is 4.90 Å². The van der Waals surface area contributed by atoms with Crippen LogP contribution in [0, 0.1) is 11.8 Å². The molecule has 1 aromatic rings. The Kier molecular flexibility index (Phi) is 8.95. The van der Waals surface area contributed by atoms with E-state index in [1.54, 1.807) is 51.9 Å². The van der Waals surface area contributed by atoms with Gasteiger partial charge in [0.05, 0.1) is 16.6 Å². The summed E-state index contributed by atoms with van der Waals surface area (Å²) < 4.78 is 4.29. The molecule has 1 N–H and O–H groups in total. The number of halogens is 1. The highest BCUT2D eigenvalue weighted by Gasteiger charge is 2.77. The molecule has 3 saturated heterocycles. The second kappa shape index (κ2) is 11.8. The van der Waals surface area contributed by atoms with Crippen molar-refractivity contribution in [2.45, 2.75) is 61.0 Å². The monoisotopic (exact) mass is 560 g/mol. The van der Waals surface area contributed by atoms with E-state index in [-0.39, 0.29) is 31.6 Å². The molecule has 0 aromatic heterocycles. The minimum Gasteiger partial charge on any atom is -0.461 e. The highest BCUT2D eigenvalue weighted by atomic mass is 35.5. The number of aliphatic hydroxyl groups is 1. The van der Waals surface area contributed by atoms with Crippen LogP contribution in [0.25, 0.3) is 0 Å². The molecular formula is C29H37ClN2O5S. The Bertz CT molecular complexity index is 1080. The zero-order valence-electron chi connectivity index (χ0n) is 21.9. The summed E-state index contributed by atoms with van der Waals surface area (Å²) in [6.45, 7) is 10.4. The Balaban J connectivity index is 1.72. The number of aliphatic hydroxyl groups excluding tert-OH is 1. The number of unbranched alkanes of at least 4 members (excludes halogenated alkanes) is 3. The SMILES string of the molecule is C=CCOC(=O)[C@@H]1[C@H]2C(=O)N(CCCCCCO)C(C(=O)N(CC=C)c3ccc(Cl)cc3)C23CC[C@@]1(C)S3. The van der Waals surface area contributed by atoms with Crippen LogP contribution in [-0.4, -0.2) is 69.6 Å². The fourth-order valence-electron chi connectivity index (χ4n) is 6.50. The maximum atomic E-state index is 14.5. The normalized spacial score (nSPS) is 29.3. The predicted octanol–water partition coefficient (Wildman–Crippen LogP) is 4.62. The number of thioether (sulfide) groups is 1. The van der Waals surface area contributed by atoms with E-state index in [0.717, 1.165) is 19.3 Å². The van der Waals surface area contributed by atoms with Gasteiger partial charge in [0.15, 0.2) is 0 Å². The Labute approximate surface area is 234 Å². The molecule has 206 valence electrons. The maximum Gasteiger partial charge on any atom is 0.311 e. The van der Waals surface area contributed by atoms with E-state index in [1.807, 2.05) is 6.92 Å². The van der Waals surface area contributed by atoms with Crippen molar-refractivity contribution in [1.29, 1.82) is 0 Å². The molecule has 3 aliphatic rings. The third kappa shape index (κ3) is 5.03. The topological polar surface area (TPSA) is 87.1 Å². The predicted molar refractivity (Wildman–Crippen MR) is 151 cm³/mol. The van der Waals surface area contributed by atoms with Crippen LogP contribution in [0.2, 0.25) is 5.02 Å². The van der Waals surface area contributed by atoms with Crippen molar-refractivity contribution >= 4 is 46.8 Å². The molecule has 0 radical (unpaired) electrons. The highest BCUT2D eigenvalue weighted by Crippen LogP contribution is 2.71. The summed E-state index contributed by atoms with van der Waals surface area (Å²) in [6, 6.07) is 6.36. The first-order chi connectivity index (χ1) is 18.2. The molecule has 7 nitrogen and oxygen atoms in total. The molecule has 9 heteroatoms. The van der Waals surface area contributed by atoms with Crippen LogP contribution in [0.15, 0.2) is 49.6 Å². The average Bonchev–Trinajstić information content (AvgIpc) is 3.46. The van der Waals surface area contributed by atoms with Crippen LogP contribution in [0.4, 0.5) is 5.69 Å². The standard InChI is InChI=1S/C29H37ClN2O5S/c1-4-16-31(21-12-10-20(30)11-13-21)26(35)24-29-15-14-28(3,38-29)23(27(36)37-19-5-2)22(29)25(34)32(24)17-8-6-7-9-18-33/h4-5,10-13,22-24,33H,1-2,6-9,14-19H2,3H3/t22-,23-,24?,28+,29?/m0/s1. The van der Waals surface area contributed by atoms with Gasteiger partial charge in [-0.25, -0.2) is 0 Å². The number of carbonyl (C=O) groups is 3. The van der Waals surface area contributed by atoms with Gasteiger partial charge in [-0.2, -0.15) is 0 Å². The molecule has 1 spiro atoms. The molecule has 0 aliphatic carbocycles. The van der Waals surface area contributed by atoms with Gasteiger partial charge in [0.1, 0.15) is 12.6 Å². The minimum absolute atomic E-state index is 0.0879. The van der Waals surface area contributed by atoms with Gasteiger partial charge >= 0.3 is 5.97 Å². The first-order valence-electron chi connectivity index (χ1n) is 13.3. The Hall–Kier alpha value is -2.29. The summed E-state index contributed by atoms with van der Waals surface area (Å²) in [5.74, 6) is -1.94. The van der Waals surface area contributed by atoms with Gasteiger partial charge in [0.25, 0.3) is 5.91 Å². The van der Waals surface area contributed by atoms with Gasteiger partial charge in [-0.1, -0.05) is 43.2 Å². The van der Waals surface area contributed by atoms with Crippen molar-refractivity contribution in [2.24, 2.45) is 11.8 Å². The first kappa shape index (κ1) is 28.7. The van der Waals surface area contributed by atoms with Gasteiger partial charge in [-0.05, 0) is 56.9 Å². The summed E-state index contributed by atoms with van der Waals surface area (Å²) in [6.07, 6.45) is 7.72. The van der Waals surface area contributed by atoms with Crippen LogP contribution in [0.5, 0.6) is 0 Å². The third-order valence-electron chi connectivity index (χ3n) is 8.13. The van der Waals surface area contributed by atoms with E-state index in [4.69, 9.17) is 21.4 Å². The molecule has 2 bridgehead atoms. The lowest BCUT2D eigenvalue weighted by Crippen LogP contribution is -2.55. The van der Waals surface area contributed by atoms with Crippen LogP contribution < -0.4 is 4.90 Å². The summed E-state index contributed by atoms with van der Waals surface area (Å²) >= 11 is 7.74. The summed E-state index contributed by atoms with van der Waals surface area (Å²) in [5, 5.41) is 9.70. The number of hydrogen-bond donors (Lipinski definition) is 1. The van der Waals surface area contributed by atoms with Gasteiger partial charge in [0, 0.05) is 35.2 Å². The Morgan fingerprint density at radius 1 is 1.18 bits per heavy atom. The first-order valence-corrected chi connectivity index (χ1v) is 14.5. The van der Waals surface area contributed by atoms with E-state index in [2.05, 4.69) is 13.2 Å². The molecular weight excluding hydrogens is 524 g/mol. The zero-order chi connectivity index (χ0) is 27.5. The molecule has 5 atom stereocenters. The fraction of sp³-hybridized carbons (Fsp3) is 0.552. The quantitative estimate of drug-likeness (QED) is 0.215. The Morgan fingerprint density at radius 2 is 1.89 bits per heavy atom. The average molecular weight is 561 g/mol. The number of nitrogens with zero attached hydrogens (tertiary/aromatic N) is 2. The number of carbonyl (C=O) groups excluding carboxylic acids is 3. The van der Waals surface area contributed by atoms with Crippen molar-refractivity contribution in [3.05, 3.63) is 54.6 Å². The van der Waals surface area contributed by atoms with Crippen LogP contribution in [0.1, 0.15) is 45.4 Å². The molecule has 3 fully saturated rings. The van der Waals surface area contributed by atoms with Crippen molar-refractivity contribution < 1.29 is 24.2 Å². The molecule has 0 saturated carbocycles. The maximum absolute atomic E-state index is 14.5. The lowest BCUT2D eigenvalue weighted by atomic mass is 9.66. The number of esters is 1. The molecule has 4 rings (SSSR count). The van der Waals surface area contributed by atoms with E-state index in [9.17, 15) is 14.4 Å². The van der Waals surface area contributed by atoms with E-state index in [1.165, 1.54) is 6.08 Å². The molecule has 1 aromatic carbocycles. The number of anilines is 1. The van der Waals surface area contributed by atoms with E-state index < -0.39 is 33.3 Å². The minimum atomic E-state index is -0.711. The van der Waals surface area contributed by atoms with Gasteiger partial charge < -0.3 is 19.6 Å². The molecule has 2 amide bonds. The number of hydrogen-bond acceptors (Lipinski definition) is 6. The summed E-state index contributed by atoms with van der Waals surface area (Å²) in [4.78, 5) is 45.3. The molecule has 3 aliphatic heterocycles. The lowest BCUT2D eigenvalue weighted by molar-refractivity contribution is -0.154. The van der Waals surface area contributed by atoms with E-state index >= 15 is 0 Å². The van der Waals surface area contributed by atoms with Gasteiger partial charge in [-0.3, -0.25) is 14.4 Å². The summed E-state index contributed by atoms with van der Waals surface area (Å²) in [5.41, 5.74) is 0.681. The number of fused-ring (bicyclic) bond motifs is 1. The smallest absolute Gasteiger partial charge is 0.311 e. The van der Waals surface area contributed by atoms with Gasteiger partial charge in [-0.15, -0.1) is 18.3 Å². The number of ether oxygens (including phenoxy) is 1. The van der Waals surface area contributed by atoms with Crippen molar-refractivity contribution in [2.75, 3.05) is 31.2 Å². The second-order valence-electron chi connectivity index (χ2n) is 10.5. The van der Waals surface area contributed by atoms with Crippen molar-refractivity contribution in [3.63, 3.8) is 0 Å². The lowest BCUT2D eigenvalue weighted by Gasteiger charge is -2.37. The molecule has 2 unspecified atom stereocenters. The van der Waals surface area contributed by atoms with Gasteiger partial charge in [0.2, 0.25) is 5.91 Å². The van der Waals surface area contributed by atoms with Crippen molar-refractivity contribution in [3.8, 4) is 0 Å². The highest BCUT2D eigenvalue weighted by molar-refractivity contribution is 8.02. The van der Waals surface area contributed by atoms with Crippen LogP contribution >= 0.6 is 23.4 Å². The summed E-state index contributed by atoms with van der Waals surface area (Å²) in [7, 11) is 0. The third-order valence-corrected chi connectivity index (χ3v) is 10.4. The molecule has 38 heavy (non-hydrogen) atoms. The van der Waals surface area contributed by atoms with Crippen LogP contribution in [-0.2, 0) is 19.1 Å². The second-order valence-corrected chi connectivity index (χ2v) is 12.9. The number of amides is 2. The zero-order valence-corrected chi connectivity index (χ0v) is 23.5. The fourth-order valence-corrected chi connectivity index (χ4v) is 8.97. The number of benzene rings is 1.